The molecular weight excluding hydrogens is 252 g/mol. The van der Waals surface area contributed by atoms with Gasteiger partial charge < -0.3 is 15.2 Å². The van der Waals surface area contributed by atoms with Gasteiger partial charge in [0.25, 0.3) is 0 Å². The van der Waals surface area contributed by atoms with E-state index < -0.39 is 5.97 Å². The molecule has 1 rings (SSSR count). The number of aromatic carboxylic acids is 1. The molecule has 0 radical (unpaired) electrons. The van der Waals surface area contributed by atoms with Crippen molar-refractivity contribution in [3.8, 4) is 0 Å². The number of hydrogen-bond acceptors (Lipinski definition) is 5. The lowest BCUT2D eigenvalue weighted by molar-refractivity contribution is 0.0697. The van der Waals surface area contributed by atoms with Crippen LogP contribution >= 0.6 is 11.5 Å². The molecule has 0 aliphatic rings. The summed E-state index contributed by atoms with van der Waals surface area (Å²) in [5.74, 6) is -0.594. The van der Waals surface area contributed by atoms with Crippen LogP contribution in [0.2, 0.25) is 0 Å². The number of carbonyl (C=O) groups is 1. The van der Waals surface area contributed by atoms with Crippen LogP contribution in [-0.2, 0) is 4.74 Å². The van der Waals surface area contributed by atoms with Gasteiger partial charge in [0.15, 0.2) is 0 Å². The molecule has 0 aliphatic carbocycles. The van der Waals surface area contributed by atoms with Gasteiger partial charge in [-0.15, -0.1) is 0 Å². The second-order valence-corrected chi connectivity index (χ2v) is 5.20. The molecule has 0 saturated heterocycles. The molecule has 1 atom stereocenters. The first-order chi connectivity index (χ1) is 8.47. The maximum absolute atomic E-state index is 11.2. The maximum Gasteiger partial charge on any atom is 0.340 e. The van der Waals surface area contributed by atoms with Gasteiger partial charge in [-0.25, -0.2) is 4.79 Å². The number of aryl methyl sites for hydroxylation is 1. The Morgan fingerprint density at radius 1 is 1.56 bits per heavy atom. The first-order valence-corrected chi connectivity index (χ1v) is 6.78. The fourth-order valence-electron chi connectivity index (χ4n) is 1.53. The van der Waals surface area contributed by atoms with Crippen molar-refractivity contribution in [2.75, 3.05) is 18.5 Å². The summed E-state index contributed by atoms with van der Waals surface area (Å²) in [6, 6.07) is 0.0860. The van der Waals surface area contributed by atoms with E-state index in [9.17, 15) is 4.79 Å². The van der Waals surface area contributed by atoms with Crippen LogP contribution in [0.15, 0.2) is 0 Å². The molecule has 2 N–H and O–H groups in total. The molecule has 102 valence electrons. The molecule has 0 aliphatic heterocycles. The standard InChI is InChI=1S/C12H20N2O3S/c1-5-17-6-9(7(2)3)13-11-10(12(15)16)8(4)14-18-11/h7,9,13H,5-6H2,1-4H3,(H,15,16). The summed E-state index contributed by atoms with van der Waals surface area (Å²) in [7, 11) is 0. The highest BCUT2D eigenvalue weighted by Gasteiger charge is 2.21. The summed E-state index contributed by atoms with van der Waals surface area (Å²) in [5.41, 5.74) is 0.816. The normalized spacial score (nSPS) is 12.7. The number of nitrogens with zero attached hydrogens (tertiary/aromatic N) is 1. The third-order valence-corrected chi connectivity index (χ3v) is 3.57. The molecule has 0 aromatic carbocycles. The number of ether oxygens (including phenoxy) is 1. The monoisotopic (exact) mass is 272 g/mol. The van der Waals surface area contributed by atoms with E-state index in [0.717, 1.165) is 0 Å². The molecule has 1 aromatic heterocycles. The van der Waals surface area contributed by atoms with Gasteiger partial charge in [0.05, 0.1) is 18.3 Å². The van der Waals surface area contributed by atoms with Gasteiger partial charge in [-0.1, -0.05) is 13.8 Å². The number of nitrogens with one attached hydrogen (secondary N) is 1. The predicted molar refractivity (Wildman–Crippen MR) is 72.6 cm³/mol. The summed E-state index contributed by atoms with van der Waals surface area (Å²) in [5, 5.41) is 13.0. The smallest absolute Gasteiger partial charge is 0.340 e. The third-order valence-electron chi connectivity index (χ3n) is 2.70. The SMILES string of the molecule is CCOCC(Nc1snc(C)c1C(=O)O)C(C)C. The van der Waals surface area contributed by atoms with Crippen LogP contribution in [0.3, 0.4) is 0 Å². The van der Waals surface area contributed by atoms with E-state index in [-0.39, 0.29) is 11.6 Å². The second-order valence-electron chi connectivity index (χ2n) is 4.43. The van der Waals surface area contributed by atoms with E-state index in [2.05, 4.69) is 23.5 Å². The van der Waals surface area contributed by atoms with E-state index in [1.165, 1.54) is 11.5 Å². The minimum atomic E-state index is -0.942. The van der Waals surface area contributed by atoms with E-state index in [0.29, 0.717) is 29.8 Å². The molecule has 0 amide bonds. The number of rotatable bonds is 7. The fraction of sp³-hybridized carbons (Fsp3) is 0.667. The first-order valence-electron chi connectivity index (χ1n) is 6.01. The molecule has 0 saturated carbocycles. The highest BCUT2D eigenvalue weighted by molar-refractivity contribution is 7.10. The van der Waals surface area contributed by atoms with Gasteiger partial charge in [0.2, 0.25) is 0 Å². The van der Waals surface area contributed by atoms with Crippen LogP contribution in [-0.4, -0.2) is 34.7 Å². The van der Waals surface area contributed by atoms with Crippen LogP contribution in [0.25, 0.3) is 0 Å². The predicted octanol–water partition coefficient (Wildman–Crippen LogP) is 2.62. The van der Waals surface area contributed by atoms with Crippen LogP contribution in [0.5, 0.6) is 0 Å². The summed E-state index contributed by atoms with van der Waals surface area (Å²) in [6.45, 7) is 9.01. The van der Waals surface area contributed by atoms with Crippen LogP contribution in [0.4, 0.5) is 5.00 Å². The zero-order chi connectivity index (χ0) is 13.7. The second kappa shape index (κ2) is 6.70. The molecular formula is C12H20N2O3S. The number of carboxylic acids is 1. The van der Waals surface area contributed by atoms with Gasteiger partial charge in [0, 0.05) is 6.61 Å². The zero-order valence-corrected chi connectivity index (χ0v) is 12.0. The Morgan fingerprint density at radius 3 is 2.72 bits per heavy atom. The van der Waals surface area contributed by atoms with Crippen molar-refractivity contribution < 1.29 is 14.6 Å². The summed E-state index contributed by atoms with van der Waals surface area (Å²) < 4.78 is 9.50. The van der Waals surface area contributed by atoms with Crippen LogP contribution in [0.1, 0.15) is 36.8 Å². The molecule has 1 heterocycles. The maximum atomic E-state index is 11.2. The Hall–Kier alpha value is -1.14. The van der Waals surface area contributed by atoms with E-state index >= 15 is 0 Å². The van der Waals surface area contributed by atoms with Gasteiger partial charge >= 0.3 is 5.97 Å². The third kappa shape index (κ3) is 3.68. The average molecular weight is 272 g/mol. The Morgan fingerprint density at radius 2 is 2.22 bits per heavy atom. The molecule has 0 bridgehead atoms. The number of carboxylic acid groups (broad SMARTS) is 1. The Bertz CT molecular complexity index is 404. The lowest BCUT2D eigenvalue weighted by Crippen LogP contribution is -2.31. The van der Waals surface area contributed by atoms with E-state index in [1.54, 1.807) is 6.92 Å². The van der Waals surface area contributed by atoms with Crippen molar-refractivity contribution in [1.29, 1.82) is 0 Å². The van der Waals surface area contributed by atoms with Gasteiger partial charge in [-0.3, -0.25) is 0 Å². The van der Waals surface area contributed by atoms with Crippen LogP contribution in [0, 0.1) is 12.8 Å². The highest BCUT2D eigenvalue weighted by atomic mass is 32.1. The van der Waals surface area contributed by atoms with Gasteiger partial charge in [-0.2, -0.15) is 4.37 Å². The number of anilines is 1. The zero-order valence-electron chi connectivity index (χ0n) is 11.2. The summed E-state index contributed by atoms with van der Waals surface area (Å²) >= 11 is 1.19. The lowest BCUT2D eigenvalue weighted by atomic mass is 10.1. The Balaban J connectivity index is 2.83. The molecule has 1 aromatic rings. The fourth-order valence-corrected chi connectivity index (χ4v) is 2.38. The Labute approximate surface area is 111 Å². The van der Waals surface area contributed by atoms with E-state index in [1.807, 2.05) is 6.92 Å². The molecule has 0 fully saturated rings. The molecule has 6 heteroatoms. The molecule has 0 spiro atoms. The van der Waals surface area contributed by atoms with Crippen molar-refractivity contribution in [3.05, 3.63) is 11.3 Å². The molecule has 1 unspecified atom stereocenters. The minimum Gasteiger partial charge on any atom is -0.478 e. The molecule has 5 nitrogen and oxygen atoms in total. The van der Waals surface area contributed by atoms with Gasteiger partial charge in [-0.05, 0) is 31.3 Å². The Kier molecular flexibility index (Phi) is 5.55. The number of aromatic nitrogens is 1. The topological polar surface area (TPSA) is 71.5 Å². The quantitative estimate of drug-likeness (QED) is 0.798. The van der Waals surface area contributed by atoms with Crippen molar-refractivity contribution in [2.24, 2.45) is 5.92 Å². The minimum absolute atomic E-state index is 0.0860. The van der Waals surface area contributed by atoms with Crippen molar-refractivity contribution >= 4 is 22.5 Å². The summed E-state index contributed by atoms with van der Waals surface area (Å²) in [6.07, 6.45) is 0. The highest BCUT2D eigenvalue weighted by Crippen LogP contribution is 2.26. The number of hydrogen-bond donors (Lipinski definition) is 2. The largest absolute Gasteiger partial charge is 0.478 e. The average Bonchev–Trinajstić information content (AvgIpc) is 2.65. The van der Waals surface area contributed by atoms with Gasteiger partial charge in [0.1, 0.15) is 10.6 Å². The van der Waals surface area contributed by atoms with Crippen LogP contribution < -0.4 is 5.32 Å². The van der Waals surface area contributed by atoms with Crippen molar-refractivity contribution in [3.63, 3.8) is 0 Å². The van der Waals surface area contributed by atoms with Crippen molar-refractivity contribution in [2.45, 2.75) is 33.7 Å². The summed E-state index contributed by atoms with van der Waals surface area (Å²) in [4.78, 5) is 11.2. The van der Waals surface area contributed by atoms with Crippen molar-refractivity contribution in [1.82, 2.24) is 4.37 Å². The van der Waals surface area contributed by atoms with E-state index in [4.69, 9.17) is 9.84 Å². The first kappa shape index (κ1) is 14.9. The lowest BCUT2D eigenvalue weighted by Gasteiger charge is -2.22. The molecule has 18 heavy (non-hydrogen) atoms.